The van der Waals surface area contributed by atoms with E-state index in [0.717, 1.165) is 42.3 Å². The monoisotopic (exact) mass is 676 g/mol. The number of para-hydroxylation sites is 2. The third-order valence-electron chi connectivity index (χ3n) is 5.71. The molecule has 0 atom stereocenters. The van der Waals surface area contributed by atoms with Gasteiger partial charge in [0.2, 0.25) is 0 Å². The van der Waals surface area contributed by atoms with Crippen LogP contribution in [0.3, 0.4) is 0 Å². The maximum atomic E-state index is 11.8. The van der Waals surface area contributed by atoms with Gasteiger partial charge in [0.15, 0.2) is 11.4 Å². The van der Waals surface area contributed by atoms with Crippen LogP contribution >= 0.6 is 0 Å². The molecule has 4 aromatic rings. The first-order valence-corrected chi connectivity index (χ1v) is 17.0. The van der Waals surface area contributed by atoms with Gasteiger partial charge in [-0.3, -0.25) is 0 Å². The van der Waals surface area contributed by atoms with Crippen molar-refractivity contribution in [2.75, 3.05) is 0 Å². The van der Waals surface area contributed by atoms with Crippen LogP contribution in [0.1, 0.15) is 31.9 Å². The maximum Gasteiger partial charge on any atom is 0.407 e. The van der Waals surface area contributed by atoms with Crippen molar-refractivity contribution < 1.29 is 9.53 Å². The average molecular weight is 677 g/mol. The second-order valence-corrected chi connectivity index (χ2v) is 11.5. The highest BCUT2D eigenvalue weighted by molar-refractivity contribution is 8.37. The molecule has 0 unspecified atom stereocenters. The molecule has 4 rings (SSSR count). The summed E-state index contributed by atoms with van der Waals surface area (Å²) >= 11 is 15.6. The molecule has 1 amide bonds. The Morgan fingerprint density at radius 3 is 1.52 bits per heavy atom. The number of alkyl carbamates (subject to hydrolysis) is 1. The summed E-state index contributed by atoms with van der Waals surface area (Å²) in [6.07, 6.45) is -0.453. The van der Waals surface area contributed by atoms with Gasteiger partial charge < -0.3 is 15.8 Å². The third-order valence-corrected chi connectivity index (χ3v) is 5.71. The number of carbonyl (C=O) groups excluding carboxylic acids is 1. The Hall–Kier alpha value is -3.81. The van der Waals surface area contributed by atoms with Crippen LogP contribution < -0.4 is 11.1 Å². The molecule has 0 bridgehead atoms. The first-order chi connectivity index (χ1) is 21.2. The van der Waals surface area contributed by atoms with Gasteiger partial charge in [-0.25, -0.2) is 14.5 Å². The van der Waals surface area contributed by atoms with Crippen molar-refractivity contribution in [1.29, 1.82) is 0 Å². The minimum absolute atomic E-state index is 0.345. The van der Waals surface area contributed by atoms with E-state index in [1.165, 1.54) is 0 Å². The van der Waals surface area contributed by atoms with Gasteiger partial charge in [0.25, 0.3) is 0 Å². The van der Waals surface area contributed by atoms with Crippen LogP contribution in [0.4, 0.5) is 16.2 Å². The van der Waals surface area contributed by atoms with Crippen LogP contribution in [-0.4, -0.2) is 11.7 Å². The van der Waals surface area contributed by atoms with Crippen molar-refractivity contribution in [1.82, 2.24) is 5.32 Å². The van der Waals surface area contributed by atoms with Crippen LogP contribution in [-0.2, 0) is 71.5 Å². The Kier molecular flexibility index (Phi) is 18.2. The number of amides is 1. The third kappa shape index (κ3) is 12.8. The maximum absolute atomic E-state index is 11.8. The van der Waals surface area contributed by atoms with Gasteiger partial charge in [0.05, 0.1) is 13.1 Å². The smallest absolute Gasteiger partial charge is 0.407 e. The summed E-state index contributed by atoms with van der Waals surface area (Å²) in [5.41, 5.74) is 12.3. The molecule has 3 N–H and O–H groups in total. The average Bonchev–Trinajstić information content (AvgIpc) is 3.04. The van der Waals surface area contributed by atoms with E-state index in [1.54, 1.807) is 6.07 Å². The summed E-state index contributed by atoms with van der Waals surface area (Å²) in [6, 6.07) is 30.7. The molecule has 0 spiro atoms. The lowest BCUT2D eigenvalue weighted by Gasteiger charge is -2.20. The molecule has 0 heterocycles. The molecular weight excluding hydrogens is 645 g/mol. The minimum Gasteiger partial charge on any atom is -0.444 e. The molecule has 0 saturated carbocycles. The SMILES string of the molecule is S=S.S=S=S.[C-]#[N+]c1ccccc1-c1ccccc1CN.[C-]#[N+]c1ccccc1-c1ccccc1CNC(=O)OC(C)(C)C. The Labute approximate surface area is 282 Å². The number of hydrogen-bond acceptors (Lipinski definition) is 7. The van der Waals surface area contributed by atoms with Gasteiger partial charge >= 0.3 is 6.09 Å². The van der Waals surface area contributed by atoms with Crippen molar-refractivity contribution in [3.63, 3.8) is 0 Å². The van der Waals surface area contributed by atoms with E-state index < -0.39 is 11.7 Å². The van der Waals surface area contributed by atoms with E-state index in [-0.39, 0.29) is 0 Å². The number of rotatable bonds is 5. The predicted molar refractivity (Wildman–Crippen MR) is 194 cm³/mol. The zero-order chi connectivity index (χ0) is 33.0. The quantitative estimate of drug-likeness (QED) is 0.206. The summed E-state index contributed by atoms with van der Waals surface area (Å²) in [5, 5.41) is 2.76. The summed E-state index contributed by atoms with van der Waals surface area (Å²) in [7, 11) is 0.917. The molecule has 0 aromatic heterocycles. The van der Waals surface area contributed by atoms with Crippen LogP contribution in [0.2, 0.25) is 0 Å². The Morgan fingerprint density at radius 1 is 0.750 bits per heavy atom. The van der Waals surface area contributed by atoms with E-state index in [0.29, 0.717) is 24.5 Å². The number of benzene rings is 4. The first-order valence-electron chi connectivity index (χ1n) is 13.0. The lowest BCUT2D eigenvalue weighted by Crippen LogP contribution is -2.32. The highest BCUT2D eigenvalue weighted by atomic mass is 33.1. The van der Waals surface area contributed by atoms with E-state index in [1.807, 2.05) is 112 Å². The second kappa shape index (κ2) is 21.0. The molecule has 6 nitrogen and oxygen atoms in total. The second-order valence-electron chi connectivity index (χ2n) is 9.70. The fourth-order valence-electron chi connectivity index (χ4n) is 3.98. The highest BCUT2D eigenvalue weighted by Crippen LogP contribution is 2.33. The molecule has 4 aromatic carbocycles. The van der Waals surface area contributed by atoms with E-state index in [9.17, 15) is 4.79 Å². The van der Waals surface area contributed by atoms with Gasteiger partial charge in [0, 0.05) is 66.7 Å². The van der Waals surface area contributed by atoms with Gasteiger partial charge in [-0.15, -0.1) is 0 Å². The van der Waals surface area contributed by atoms with Crippen molar-refractivity contribution in [3.8, 4) is 22.3 Å². The van der Waals surface area contributed by atoms with E-state index in [2.05, 4.69) is 59.8 Å². The summed E-state index contributed by atoms with van der Waals surface area (Å²) in [4.78, 5) is 18.9. The molecule has 0 saturated heterocycles. The molecule has 11 heteroatoms. The van der Waals surface area contributed by atoms with Gasteiger partial charge in [-0.2, -0.15) is 0 Å². The van der Waals surface area contributed by atoms with E-state index >= 15 is 0 Å². The van der Waals surface area contributed by atoms with Gasteiger partial charge in [-0.1, -0.05) is 97.1 Å². The number of nitrogens with one attached hydrogen (secondary N) is 1. The number of nitrogens with zero attached hydrogens (tertiary/aromatic N) is 2. The summed E-state index contributed by atoms with van der Waals surface area (Å²) in [6.45, 7) is 20.8. The van der Waals surface area contributed by atoms with Crippen molar-refractivity contribution in [3.05, 3.63) is 131 Å². The Morgan fingerprint density at radius 2 is 1.11 bits per heavy atom. The van der Waals surface area contributed by atoms with E-state index in [4.69, 9.17) is 23.6 Å². The summed E-state index contributed by atoms with van der Waals surface area (Å²) < 4.78 is 5.25. The fraction of sp³-hybridized carbons (Fsp3) is 0.182. The van der Waals surface area contributed by atoms with Crippen molar-refractivity contribution >= 4 is 71.1 Å². The normalized spacial score (nSPS) is 9.50. The largest absolute Gasteiger partial charge is 0.444 e. The fourth-order valence-corrected chi connectivity index (χ4v) is 3.98. The van der Waals surface area contributed by atoms with Crippen LogP contribution in [0, 0.1) is 13.1 Å². The molecular formula is C33H32N4O2S5. The minimum atomic E-state index is -0.527. The standard InChI is InChI=1S/C19H20N2O2.C14H12N2.S3.S2/c1-19(2,3)23-18(22)21-13-14-9-5-6-10-15(14)16-11-7-8-12-17(16)20-4;1-16-14-9-5-4-8-13(14)12-7-3-2-6-11(12)10-15;1-3-2;1-2/h5-12H,13H2,1-3H3,(H,21,22);2-9H,10,15H2;;. The number of carbonyl (C=O) groups is 1. The molecule has 0 aliphatic heterocycles. The van der Waals surface area contributed by atoms with Crippen molar-refractivity contribution in [2.24, 2.45) is 5.73 Å². The number of hydrogen-bond donors (Lipinski definition) is 2. The Bertz CT molecular complexity index is 1640. The summed E-state index contributed by atoms with van der Waals surface area (Å²) in [5.74, 6) is 0. The first kappa shape index (κ1) is 38.2. The van der Waals surface area contributed by atoms with Crippen LogP contribution in [0.5, 0.6) is 0 Å². The molecule has 0 fully saturated rings. The number of ether oxygens (including phenoxy) is 1. The Balaban J connectivity index is 0.000000401. The van der Waals surface area contributed by atoms with Gasteiger partial charge in [-0.05, 0) is 54.2 Å². The molecule has 0 radical (unpaired) electrons. The van der Waals surface area contributed by atoms with Crippen LogP contribution in [0.25, 0.3) is 31.9 Å². The zero-order valence-electron chi connectivity index (χ0n) is 24.5. The molecule has 0 aliphatic rings. The van der Waals surface area contributed by atoms with Gasteiger partial charge in [0.1, 0.15) is 5.60 Å². The van der Waals surface area contributed by atoms with Crippen molar-refractivity contribution in [2.45, 2.75) is 39.5 Å². The highest BCUT2D eigenvalue weighted by Gasteiger charge is 2.16. The lowest BCUT2D eigenvalue weighted by molar-refractivity contribution is 0.0523. The molecule has 0 aliphatic carbocycles. The predicted octanol–water partition coefficient (Wildman–Crippen LogP) is 8.28. The molecule has 226 valence electrons. The van der Waals surface area contributed by atoms with Crippen LogP contribution in [0.15, 0.2) is 97.1 Å². The number of nitrogens with two attached hydrogens (primary N) is 1. The molecule has 44 heavy (non-hydrogen) atoms. The zero-order valence-corrected chi connectivity index (χ0v) is 28.6. The lowest BCUT2D eigenvalue weighted by atomic mass is 9.98. The topological polar surface area (TPSA) is 73.1 Å².